The topological polar surface area (TPSA) is 41.1 Å². The Kier molecular flexibility index (Phi) is 8.48. The van der Waals surface area contributed by atoms with Crippen molar-refractivity contribution in [2.45, 2.75) is 32.6 Å². The van der Waals surface area contributed by atoms with Gasteiger partial charge in [-0.1, -0.05) is 6.92 Å². The number of carbonyl (C=O) groups excluding carboxylic acids is 1. The highest BCUT2D eigenvalue weighted by atomic mass is 35.5. The molecular formula is C17H25ClF2N2O. The predicted octanol–water partition coefficient (Wildman–Crippen LogP) is 3.07. The number of nitrogens with one attached hydrogen (secondary N) is 2. The fourth-order valence-electron chi connectivity index (χ4n) is 3.05. The summed E-state index contributed by atoms with van der Waals surface area (Å²) in [5, 5.41) is 6.16. The third-order valence-corrected chi connectivity index (χ3v) is 4.35. The van der Waals surface area contributed by atoms with E-state index in [-0.39, 0.29) is 18.3 Å². The SMILES string of the molecule is CC(CC(=O)NCCc1cc(F)cc(F)c1)C1CCNCC1.Cl. The lowest BCUT2D eigenvalue weighted by atomic mass is 9.84. The second-order valence-electron chi connectivity index (χ2n) is 6.15. The first-order valence-electron chi connectivity index (χ1n) is 7.97. The van der Waals surface area contributed by atoms with Crippen molar-refractivity contribution >= 4 is 18.3 Å². The third kappa shape index (κ3) is 6.83. The molecule has 0 saturated carbocycles. The van der Waals surface area contributed by atoms with Crippen LogP contribution in [0.3, 0.4) is 0 Å². The van der Waals surface area contributed by atoms with Gasteiger partial charge in [0.15, 0.2) is 0 Å². The molecule has 1 aromatic rings. The molecular weight excluding hydrogens is 322 g/mol. The van der Waals surface area contributed by atoms with Gasteiger partial charge in [-0.15, -0.1) is 12.4 Å². The van der Waals surface area contributed by atoms with Crippen molar-refractivity contribution < 1.29 is 13.6 Å². The van der Waals surface area contributed by atoms with Crippen LogP contribution in [0.2, 0.25) is 0 Å². The quantitative estimate of drug-likeness (QED) is 0.831. The standard InChI is InChI=1S/C17H24F2N2O.ClH/c1-12(14-3-5-20-6-4-14)8-17(22)21-7-2-13-9-15(18)11-16(19)10-13;/h9-12,14,20H,2-8H2,1H3,(H,21,22);1H. The second kappa shape index (κ2) is 9.83. The summed E-state index contributed by atoms with van der Waals surface area (Å²) in [5.41, 5.74) is 0.559. The van der Waals surface area contributed by atoms with Gasteiger partial charge in [-0.3, -0.25) is 4.79 Å². The van der Waals surface area contributed by atoms with E-state index >= 15 is 0 Å². The minimum absolute atomic E-state index is 0. The molecule has 1 saturated heterocycles. The maximum Gasteiger partial charge on any atom is 0.220 e. The predicted molar refractivity (Wildman–Crippen MR) is 89.7 cm³/mol. The summed E-state index contributed by atoms with van der Waals surface area (Å²) < 4.78 is 26.1. The average Bonchev–Trinajstić information content (AvgIpc) is 2.47. The van der Waals surface area contributed by atoms with E-state index in [1.54, 1.807) is 0 Å². The highest BCUT2D eigenvalue weighted by molar-refractivity contribution is 5.85. The Balaban J connectivity index is 0.00000264. The largest absolute Gasteiger partial charge is 0.356 e. The van der Waals surface area contributed by atoms with Crippen molar-refractivity contribution in [1.29, 1.82) is 0 Å². The first-order chi connectivity index (χ1) is 10.5. The summed E-state index contributed by atoms with van der Waals surface area (Å²) in [5.74, 6) is -0.178. The Morgan fingerprint density at radius 2 is 1.87 bits per heavy atom. The van der Waals surface area contributed by atoms with E-state index in [9.17, 15) is 13.6 Å². The number of rotatable bonds is 6. The maximum atomic E-state index is 13.1. The highest BCUT2D eigenvalue weighted by Crippen LogP contribution is 2.24. The van der Waals surface area contributed by atoms with Crippen molar-refractivity contribution in [2.75, 3.05) is 19.6 Å². The van der Waals surface area contributed by atoms with Crippen molar-refractivity contribution in [1.82, 2.24) is 10.6 Å². The van der Waals surface area contributed by atoms with E-state index in [4.69, 9.17) is 0 Å². The van der Waals surface area contributed by atoms with Gasteiger partial charge in [0.1, 0.15) is 11.6 Å². The van der Waals surface area contributed by atoms with Gasteiger partial charge in [0.2, 0.25) is 5.91 Å². The Labute approximate surface area is 142 Å². The maximum absolute atomic E-state index is 13.1. The summed E-state index contributed by atoms with van der Waals surface area (Å²) in [6, 6.07) is 3.45. The zero-order valence-corrected chi connectivity index (χ0v) is 14.2. The molecule has 6 heteroatoms. The molecule has 0 spiro atoms. The van der Waals surface area contributed by atoms with Crippen LogP contribution in [-0.2, 0) is 11.2 Å². The zero-order chi connectivity index (χ0) is 15.9. The molecule has 130 valence electrons. The average molecular weight is 347 g/mol. The van der Waals surface area contributed by atoms with Crippen LogP contribution in [0, 0.1) is 23.5 Å². The molecule has 2 rings (SSSR count). The first-order valence-corrected chi connectivity index (χ1v) is 7.97. The van der Waals surface area contributed by atoms with E-state index in [0.717, 1.165) is 32.0 Å². The lowest BCUT2D eigenvalue weighted by molar-refractivity contribution is -0.122. The second-order valence-corrected chi connectivity index (χ2v) is 6.15. The molecule has 3 nitrogen and oxygen atoms in total. The van der Waals surface area contributed by atoms with E-state index < -0.39 is 11.6 Å². The number of halogens is 3. The van der Waals surface area contributed by atoms with Crippen LogP contribution in [0.15, 0.2) is 18.2 Å². The molecule has 1 aliphatic rings. The number of carbonyl (C=O) groups is 1. The molecule has 0 aromatic heterocycles. The third-order valence-electron chi connectivity index (χ3n) is 4.35. The van der Waals surface area contributed by atoms with Gasteiger partial charge >= 0.3 is 0 Å². The van der Waals surface area contributed by atoms with Crippen LogP contribution in [0.4, 0.5) is 8.78 Å². The fourth-order valence-corrected chi connectivity index (χ4v) is 3.05. The summed E-state index contributed by atoms with van der Waals surface area (Å²) in [7, 11) is 0. The molecule has 0 aliphatic carbocycles. The molecule has 0 bridgehead atoms. The molecule has 1 aromatic carbocycles. The number of hydrogen-bond acceptors (Lipinski definition) is 2. The molecule has 2 N–H and O–H groups in total. The van der Waals surface area contributed by atoms with Gasteiger partial charge in [0.25, 0.3) is 0 Å². The van der Waals surface area contributed by atoms with Gasteiger partial charge in [0.05, 0.1) is 0 Å². The van der Waals surface area contributed by atoms with Gasteiger partial charge < -0.3 is 10.6 Å². The molecule has 1 unspecified atom stereocenters. The van der Waals surface area contributed by atoms with Crippen LogP contribution in [0.1, 0.15) is 31.7 Å². The fraction of sp³-hybridized carbons (Fsp3) is 0.588. The molecule has 1 aliphatic heterocycles. The summed E-state index contributed by atoms with van der Waals surface area (Å²) >= 11 is 0. The monoisotopic (exact) mass is 346 g/mol. The van der Waals surface area contributed by atoms with Crippen molar-refractivity contribution in [2.24, 2.45) is 11.8 Å². The molecule has 23 heavy (non-hydrogen) atoms. The van der Waals surface area contributed by atoms with E-state index in [2.05, 4.69) is 17.6 Å². The van der Waals surface area contributed by atoms with Gasteiger partial charge in [0, 0.05) is 19.0 Å². The molecule has 1 heterocycles. The van der Waals surface area contributed by atoms with Crippen molar-refractivity contribution in [3.8, 4) is 0 Å². The first kappa shape index (κ1) is 19.8. The number of amides is 1. The molecule has 1 fully saturated rings. The lowest BCUT2D eigenvalue weighted by Gasteiger charge is -2.27. The van der Waals surface area contributed by atoms with Crippen LogP contribution in [0.25, 0.3) is 0 Å². The molecule has 1 amide bonds. The number of benzene rings is 1. The highest BCUT2D eigenvalue weighted by Gasteiger charge is 2.21. The van der Waals surface area contributed by atoms with Crippen molar-refractivity contribution in [3.05, 3.63) is 35.4 Å². The van der Waals surface area contributed by atoms with Crippen LogP contribution >= 0.6 is 12.4 Å². The Hall–Kier alpha value is -1.20. The van der Waals surface area contributed by atoms with Crippen molar-refractivity contribution in [3.63, 3.8) is 0 Å². The number of piperidine rings is 1. The normalized spacial score (nSPS) is 16.5. The van der Waals surface area contributed by atoms with Crippen LogP contribution in [-0.4, -0.2) is 25.5 Å². The van der Waals surface area contributed by atoms with Crippen LogP contribution in [0.5, 0.6) is 0 Å². The van der Waals surface area contributed by atoms with Gasteiger partial charge in [-0.25, -0.2) is 8.78 Å². The minimum atomic E-state index is -0.583. The summed E-state index contributed by atoms with van der Waals surface area (Å²) in [4.78, 5) is 11.9. The summed E-state index contributed by atoms with van der Waals surface area (Å²) in [6.07, 6.45) is 3.19. The smallest absolute Gasteiger partial charge is 0.220 e. The van der Waals surface area contributed by atoms with Crippen LogP contribution < -0.4 is 10.6 Å². The van der Waals surface area contributed by atoms with E-state index in [1.165, 1.54) is 12.1 Å². The Morgan fingerprint density at radius 1 is 1.26 bits per heavy atom. The number of hydrogen-bond donors (Lipinski definition) is 2. The van der Waals surface area contributed by atoms with E-state index in [1.807, 2.05) is 0 Å². The Bertz CT molecular complexity index is 487. The molecule has 0 radical (unpaired) electrons. The lowest BCUT2D eigenvalue weighted by Crippen LogP contribution is -2.34. The van der Waals surface area contributed by atoms with E-state index in [0.29, 0.717) is 36.8 Å². The Morgan fingerprint density at radius 3 is 2.48 bits per heavy atom. The molecule has 1 atom stereocenters. The summed E-state index contributed by atoms with van der Waals surface area (Å²) in [6.45, 7) is 4.59. The van der Waals surface area contributed by atoms with Gasteiger partial charge in [-0.05, 0) is 61.9 Å². The minimum Gasteiger partial charge on any atom is -0.356 e. The zero-order valence-electron chi connectivity index (χ0n) is 13.4. The van der Waals surface area contributed by atoms with Gasteiger partial charge in [-0.2, -0.15) is 0 Å².